The molecule has 0 radical (unpaired) electrons. The molecule has 0 heterocycles. The fourth-order valence-electron chi connectivity index (χ4n) is 2.12. The average molecular weight is 322 g/mol. The summed E-state index contributed by atoms with van der Waals surface area (Å²) in [4.78, 5) is 0. The molecule has 2 aromatic carbocycles. The highest BCUT2D eigenvalue weighted by molar-refractivity contribution is 9.10. The molecule has 100 valence electrons. The lowest BCUT2D eigenvalue weighted by atomic mass is 10.0. The van der Waals surface area contributed by atoms with Crippen molar-refractivity contribution in [1.82, 2.24) is 5.32 Å². The van der Waals surface area contributed by atoms with Crippen LogP contribution in [0.4, 0.5) is 4.39 Å². The fraction of sp³-hybridized carbons (Fsp3) is 0.250. The topological polar surface area (TPSA) is 12.0 Å². The minimum absolute atomic E-state index is 0.102. The fourth-order valence-corrected chi connectivity index (χ4v) is 2.54. The Morgan fingerprint density at radius 3 is 2.11 bits per heavy atom. The van der Waals surface area contributed by atoms with Crippen molar-refractivity contribution in [2.75, 3.05) is 0 Å². The van der Waals surface area contributed by atoms with E-state index in [1.807, 2.05) is 25.1 Å². The van der Waals surface area contributed by atoms with E-state index in [2.05, 4.69) is 40.3 Å². The van der Waals surface area contributed by atoms with Crippen molar-refractivity contribution < 1.29 is 4.39 Å². The van der Waals surface area contributed by atoms with Crippen LogP contribution in [-0.4, -0.2) is 0 Å². The Bertz CT molecular complexity index is 506. The first-order valence-electron chi connectivity index (χ1n) is 6.33. The Kier molecular flexibility index (Phi) is 4.72. The Morgan fingerprint density at radius 2 is 1.53 bits per heavy atom. The van der Waals surface area contributed by atoms with Gasteiger partial charge in [-0.2, -0.15) is 0 Å². The average Bonchev–Trinajstić information content (AvgIpc) is 2.38. The van der Waals surface area contributed by atoms with Gasteiger partial charge in [0.05, 0.1) is 0 Å². The van der Waals surface area contributed by atoms with Gasteiger partial charge in [0.25, 0.3) is 0 Å². The van der Waals surface area contributed by atoms with Gasteiger partial charge in [-0.05, 0) is 49.2 Å². The molecule has 0 amide bonds. The molecule has 1 unspecified atom stereocenters. The van der Waals surface area contributed by atoms with Gasteiger partial charge in [-0.25, -0.2) is 4.39 Å². The Hall–Kier alpha value is -1.19. The number of benzene rings is 2. The standard InChI is InChI=1S/C16H17BrFN/c1-11(13-5-3-7-15(17)9-13)19-12(2)14-6-4-8-16(18)10-14/h3-12,19H,1-2H3/t11?,12-/m1/s1. The molecule has 0 aliphatic heterocycles. The van der Waals surface area contributed by atoms with Gasteiger partial charge in [0.15, 0.2) is 0 Å². The van der Waals surface area contributed by atoms with Gasteiger partial charge in [-0.15, -0.1) is 0 Å². The molecule has 0 fully saturated rings. The molecular weight excluding hydrogens is 305 g/mol. The second-order valence-electron chi connectivity index (χ2n) is 4.72. The van der Waals surface area contributed by atoms with Gasteiger partial charge in [0.1, 0.15) is 5.82 Å². The zero-order chi connectivity index (χ0) is 13.8. The lowest BCUT2D eigenvalue weighted by molar-refractivity contribution is 0.492. The van der Waals surface area contributed by atoms with Gasteiger partial charge >= 0.3 is 0 Å². The molecule has 2 rings (SSSR count). The highest BCUT2D eigenvalue weighted by Crippen LogP contribution is 2.22. The lowest BCUT2D eigenvalue weighted by Gasteiger charge is -2.21. The van der Waals surface area contributed by atoms with E-state index in [-0.39, 0.29) is 17.9 Å². The Balaban J connectivity index is 2.08. The monoisotopic (exact) mass is 321 g/mol. The quantitative estimate of drug-likeness (QED) is 0.835. The SMILES string of the molecule is CC(N[C@H](C)c1cccc(F)c1)c1cccc(Br)c1. The predicted octanol–water partition coefficient (Wildman–Crippen LogP) is 5.00. The van der Waals surface area contributed by atoms with Gasteiger partial charge < -0.3 is 5.32 Å². The number of halogens is 2. The molecule has 0 saturated heterocycles. The molecule has 1 nitrogen and oxygen atoms in total. The number of hydrogen-bond donors (Lipinski definition) is 1. The van der Waals surface area contributed by atoms with E-state index >= 15 is 0 Å². The lowest BCUT2D eigenvalue weighted by Crippen LogP contribution is -2.22. The third kappa shape index (κ3) is 3.88. The molecule has 2 aromatic rings. The summed E-state index contributed by atoms with van der Waals surface area (Å²) in [5.41, 5.74) is 2.17. The molecule has 2 atom stereocenters. The maximum atomic E-state index is 13.2. The van der Waals surface area contributed by atoms with Crippen LogP contribution < -0.4 is 5.32 Å². The second kappa shape index (κ2) is 6.31. The second-order valence-corrected chi connectivity index (χ2v) is 5.64. The largest absolute Gasteiger partial charge is 0.304 e. The van der Waals surface area contributed by atoms with Gasteiger partial charge in [-0.3, -0.25) is 0 Å². The summed E-state index contributed by atoms with van der Waals surface area (Å²) >= 11 is 3.47. The van der Waals surface area contributed by atoms with Crippen molar-refractivity contribution in [1.29, 1.82) is 0 Å². The Labute approximate surface area is 122 Å². The van der Waals surface area contributed by atoms with E-state index in [9.17, 15) is 4.39 Å². The normalized spacial score (nSPS) is 14.1. The first-order chi connectivity index (χ1) is 9.06. The molecule has 1 N–H and O–H groups in total. The van der Waals surface area contributed by atoms with Crippen molar-refractivity contribution in [3.05, 3.63) is 69.9 Å². The summed E-state index contributed by atoms with van der Waals surface area (Å²) in [6, 6.07) is 15.2. The maximum absolute atomic E-state index is 13.2. The minimum atomic E-state index is -0.193. The van der Waals surface area contributed by atoms with Crippen LogP contribution in [0, 0.1) is 5.82 Å². The van der Waals surface area contributed by atoms with Crippen LogP contribution in [0.2, 0.25) is 0 Å². The number of hydrogen-bond acceptors (Lipinski definition) is 1. The molecule has 0 spiro atoms. The summed E-state index contributed by atoms with van der Waals surface area (Å²) in [6.45, 7) is 4.15. The summed E-state index contributed by atoms with van der Waals surface area (Å²) in [6.07, 6.45) is 0. The highest BCUT2D eigenvalue weighted by atomic mass is 79.9. The summed E-state index contributed by atoms with van der Waals surface area (Å²) in [5.74, 6) is -0.193. The van der Waals surface area contributed by atoms with E-state index in [1.165, 1.54) is 11.6 Å². The van der Waals surface area contributed by atoms with E-state index in [1.54, 1.807) is 12.1 Å². The Morgan fingerprint density at radius 1 is 0.947 bits per heavy atom. The van der Waals surface area contributed by atoms with E-state index in [0.29, 0.717) is 0 Å². The van der Waals surface area contributed by atoms with E-state index in [0.717, 1.165) is 10.0 Å². The van der Waals surface area contributed by atoms with Crippen LogP contribution in [0.1, 0.15) is 37.1 Å². The van der Waals surface area contributed by atoms with Crippen LogP contribution in [-0.2, 0) is 0 Å². The van der Waals surface area contributed by atoms with Crippen LogP contribution in [0.5, 0.6) is 0 Å². The maximum Gasteiger partial charge on any atom is 0.123 e. The van der Waals surface area contributed by atoms with Crippen molar-refractivity contribution in [3.63, 3.8) is 0 Å². The highest BCUT2D eigenvalue weighted by Gasteiger charge is 2.11. The molecule has 19 heavy (non-hydrogen) atoms. The zero-order valence-corrected chi connectivity index (χ0v) is 12.6. The van der Waals surface area contributed by atoms with Crippen LogP contribution in [0.3, 0.4) is 0 Å². The third-order valence-corrected chi connectivity index (χ3v) is 3.69. The van der Waals surface area contributed by atoms with Crippen molar-refractivity contribution in [3.8, 4) is 0 Å². The molecule has 0 aliphatic carbocycles. The first kappa shape index (κ1) is 14.2. The number of nitrogens with one attached hydrogen (secondary N) is 1. The first-order valence-corrected chi connectivity index (χ1v) is 7.12. The van der Waals surface area contributed by atoms with Gasteiger partial charge in [0.2, 0.25) is 0 Å². The number of rotatable bonds is 4. The zero-order valence-electron chi connectivity index (χ0n) is 11.0. The van der Waals surface area contributed by atoms with E-state index < -0.39 is 0 Å². The van der Waals surface area contributed by atoms with Crippen molar-refractivity contribution in [2.45, 2.75) is 25.9 Å². The van der Waals surface area contributed by atoms with Crippen molar-refractivity contribution in [2.24, 2.45) is 0 Å². The van der Waals surface area contributed by atoms with Gasteiger partial charge in [-0.1, -0.05) is 40.2 Å². The molecule has 0 aliphatic rings. The molecule has 0 aromatic heterocycles. The van der Waals surface area contributed by atoms with Crippen molar-refractivity contribution >= 4 is 15.9 Å². The molecular formula is C16H17BrFN. The summed E-state index contributed by atoms with van der Waals surface area (Å²) < 4.78 is 14.3. The molecule has 0 saturated carbocycles. The smallest absolute Gasteiger partial charge is 0.123 e. The van der Waals surface area contributed by atoms with Crippen LogP contribution in [0.15, 0.2) is 53.0 Å². The molecule has 3 heteroatoms. The summed E-state index contributed by atoms with van der Waals surface area (Å²) in [5, 5.41) is 3.48. The van der Waals surface area contributed by atoms with E-state index in [4.69, 9.17) is 0 Å². The van der Waals surface area contributed by atoms with Crippen LogP contribution >= 0.6 is 15.9 Å². The predicted molar refractivity (Wildman–Crippen MR) is 80.5 cm³/mol. The minimum Gasteiger partial charge on any atom is -0.304 e. The van der Waals surface area contributed by atoms with Gasteiger partial charge in [0, 0.05) is 16.6 Å². The van der Waals surface area contributed by atoms with Crippen LogP contribution in [0.25, 0.3) is 0 Å². The molecule has 0 bridgehead atoms. The summed E-state index contributed by atoms with van der Waals surface area (Å²) in [7, 11) is 0. The third-order valence-electron chi connectivity index (χ3n) is 3.20.